The molecule has 8 heteroatoms. The van der Waals surface area contributed by atoms with Crippen molar-refractivity contribution >= 4 is 22.5 Å². The quantitative estimate of drug-likeness (QED) is 0.379. The summed E-state index contributed by atoms with van der Waals surface area (Å²) in [5.41, 5.74) is 11.6. The van der Waals surface area contributed by atoms with Crippen LogP contribution in [-0.2, 0) is 6.42 Å². The second kappa shape index (κ2) is 11.1. The summed E-state index contributed by atoms with van der Waals surface area (Å²) in [6.07, 6.45) is 7.19. The fraction of sp³-hybridized carbons (Fsp3) is 0.433. The first-order valence-electron chi connectivity index (χ1n) is 14.0. The fourth-order valence-electron chi connectivity index (χ4n) is 6.05. The maximum atomic E-state index is 6.39. The van der Waals surface area contributed by atoms with E-state index in [0.717, 1.165) is 53.8 Å². The van der Waals surface area contributed by atoms with Gasteiger partial charge in [-0.2, -0.15) is 5.10 Å². The number of nitrogens with zero attached hydrogens (tertiary/aromatic N) is 6. The van der Waals surface area contributed by atoms with Crippen LogP contribution in [0.15, 0.2) is 60.9 Å². The van der Waals surface area contributed by atoms with Crippen LogP contribution in [0.5, 0.6) is 0 Å². The maximum absolute atomic E-state index is 6.39. The molecule has 0 amide bonds. The second-order valence-electron chi connectivity index (χ2n) is 10.8. The molecule has 3 N–H and O–H groups in total. The molecule has 1 saturated heterocycles. The molecule has 1 aliphatic heterocycles. The Labute approximate surface area is 224 Å². The lowest BCUT2D eigenvalue weighted by Gasteiger charge is -2.41. The molecular formula is C30H38N8. The number of nitrogens with one attached hydrogen (secondary N) is 1. The van der Waals surface area contributed by atoms with E-state index in [4.69, 9.17) is 10.8 Å². The first kappa shape index (κ1) is 24.8. The molecule has 6 rings (SSSR count). The molecule has 38 heavy (non-hydrogen) atoms. The van der Waals surface area contributed by atoms with Gasteiger partial charge in [0.1, 0.15) is 17.8 Å². The van der Waals surface area contributed by atoms with Gasteiger partial charge in [0, 0.05) is 50.0 Å². The minimum Gasteiger partial charge on any atom is -0.385 e. The van der Waals surface area contributed by atoms with Crippen molar-refractivity contribution in [2.75, 3.05) is 50.8 Å². The van der Waals surface area contributed by atoms with Gasteiger partial charge in [0.05, 0.1) is 11.4 Å². The molecule has 4 aromatic rings. The van der Waals surface area contributed by atoms with Gasteiger partial charge in [-0.05, 0) is 56.8 Å². The average molecular weight is 511 g/mol. The molecule has 2 fully saturated rings. The van der Waals surface area contributed by atoms with Crippen molar-refractivity contribution in [3.63, 3.8) is 0 Å². The van der Waals surface area contributed by atoms with Crippen molar-refractivity contribution in [1.29, 1.82) is 0 Å². The van der Waals surface area contributed by atoms with Crippen LogP contribution in [-0.4, -0.2) is 75.4 Å². The molecule has 2 aliphatic rings. The van der Waals surface area contributed by atoms with Gasteiger partial charge >= 0.3 is 0 Å². The third kappa shape index (κ3) is 5.24. The van der Waals surface area contributed by atoms with E-state index >= 15 is 0 Å². The molecule has 0 radical (unpaired) electrons. The summed E-state index contributed by atoms with van der Waals surface area (Å²) in [5, 5.41) is 9.51. The van der Waals surface area contributed by atoms with E-state index in [2.05, 4.69) is 91.4 Å². The second-order valence-corrected chi connectivity index (χ2v) is 10.8. The molecule has 8 nitrogen and oxygen atoms in total. The van der Waals surface area contributed by atoms with Crippen LogP contribution in [0.3, 0.4) is 0 Å². The Bertz CT molecular complexity index is 1330. The highest BCUT2D eigenvalue weighted by Crippen LogP contribution is 2.37. The van der Waals surface area contributed by atoms with Crippen molar-refractivity contribution in [1.82, 2.24) is 29.5 Å². The van der Waals surface area contributed by atoms with Gasteiger partial charge in [-0.1, -0.05) is 42.5 Å². The number of hydrogen-bond acceptors (Lipinski definition) is 7. The normalized spacial score (nSPS) is 21.1. The van der Waals surface area contributed by atoms with E-state index in [1.165, 1.54) is 44.6 Å². The molecule has 0 bridgehead atoms. The largest absolute Gasteiger partial charge is 0.385 e. The van der Waals surface area contributed by atoms with Crippen LogP contribution in [0.2, 0.25) is 0 Å². The zero-order valence-corrected chi connectivity index (χ0v) is 22.3. The number of aromatic nitrogens is 4. The number of nitrogen functional groups attached to an aromatic ring is 1. The van der Waals surface area contributed by atoms with Crippen LogP contribution < -0.4 is 11.1 Å². The van der Waals surface area contributed by atoms with Gasteiger partial charge in [0.2, 0.25) is 0 Å². The summed E-state index contributed by atoms with van der Waals surface area (Å²) in [7, 11) is 2.22. The van der Waals surface area contributed by atoms with Gasteiger partial charge < -0.3 is 16.0 Å². The van der Waals surface area contributed by atoms with Gasteiger partial charge in [-0.25, -0.2) is 14.6 Å². The third-order valence-electron chi connectivity index (χ3n) is 8.33. The Kier molecular flexibility index (Phi) is 7.25. The zero-order valence-electron chi connectivity index (χ0n) is 22.3. The van der Waals surface area contributed by atoms with Crippen molar-refractivity contribution in [3.8, 4) is 11.3 Å². The standard InChI is InChI=1S/C30H38N8/c1-36-17-19-37(20-18-36)25-11-13-26(14-12-25)38-30-27(29(31)33-21-34-30)28(35-38)23-7-9-24(10-8-23)32-16-15-22-5-3-2-4-6-22/h2-10,21,25-26,32H,11-20H2,1H3,(H2,31,33,34)/t25-,26+. The lowest BCUT2D eigenvalue weighted by atomic mass is 9.90. The lowest BCUT2D eigenvalue weighted by molar-refractivity contribution is 0.0815. The topological polar surface area (TPSA) is 88.1 Å². The number of fused-ring (bicyclic) bond motifs is 1. The van der Waals surface area contributed by atoms with Crippen LogP contribution in [0.1, 0.15) is 37.3 Å². The van der Waals surface area contributed by atoms with Crippen LogP contribution in [0, 0.1) is 0 Å². The molecule has 2 aromatic heterocycles. The van der Waals surface area contributed by atoms with Crippen LogP contribution >= 0.6 is 0 Å². The Hall–Kier alpha value is -3.49. The van der Waals surface area contributed by atoms with Crippen LogP contribution in [0.4, 0.5) is 11.5 Å². The highest BCUT2D eigenvalue weighted by atomic mass is 15.3. The summed E-state index contributed by atoms with van der Waals surface area (Å²) in [4.78, 5) is 14.1. The summed E-state index contributed by atoms with van der Waals surface area (Å²) in [6, 6.07) is 20.0. The lowest BCUT2D eigenvalue weighted by Crippen LogP contribution is -2.49. The fourth-order valence-corrected chi connectivity index (χ4v) is 6.05. The van der Waals surface area contributed by atoms with Crippen molar-refractivity contribution in [3.05, 3.63) is 66.5 Å². The van der Waals surface area contributed by atoms with Crippen molar-refractivity contribution in [2.45, 2.75) is 44.2 Å². The molecule has 2 aromatic carbocycles. The van der Waals surface area contributed by atoms with E-state index in [9.17, 15) is 0 Å². The Morgan fingerprint density at radius 2 is 1.58 bits per heavy atom. The molecule has 0 unspecified atom stereocenters. The molecule has 0 atom stereocenters. The van der Waals surface area contributed by atoms with Gasteiger partial charge in [0.25, 0.3) is 0 Å². The van der Waals surface area contributed by atoms with E-state index in [0.29, 0.717) is 17.9 Å². The van der Waals surface area contributed by atoms with Gasteiger partial charge in [-0.15, -0.1) is 0 Å². The molecule has 0 spiro atoms. The number of piperazine rings is 1. The van der Waals surface area contributed by atoms with Gasteiger partial charge in [-0.3, -0.25) is 4.90 Å². The summed E-state index contributed by atoms with van der Waals surface area (Å²) in [5.74, 6) is 0.493. The Morgan fingerprint density at radius 3 is 2.32 bits per heavy atom. The third-order valence-corrected chi connectivity index (χ3v) is 8.33. The number of anilines is 2. The number of rotatable bonds is 7. The molecular weight excluding hydrogens is 472 g/mol. The highest BCUT2D eigenvalue weighted by Gasteiger charge is 2.30. The highest BCUT2D eigenvalue weighted by molar-refractivity contribution is 5.98. The van der Waals surface area contributed by atoms with E-state index in [-0.39, 0.29) is 0 Å². The molecule has 1 aliphatic carbocycles. The number of hydrogen-bond donors (Lipinski definition) is 2. The first-order chi connectivity index (χ1) is 18.7. The SMILES string of the molecule is CN1CCN([C@H]2CC[C@@H](n3nc(-c4ccc(NCCc5ccccc5)cc4)c4c(N)ncnc43)CC2)CC1. The minimum absolute atomic E-state index is 0.336. The summed E-state index contributed by atoms with van der Waals surface area (Å²) >= 11 is 0. The van der Waals surface area contributed by atoms with Crippen LogP contribution in [0.25, 0.3) is 22.3 Å². The smallest absolute Gasteiger partial charge is 0.164 e. The predicted octanol–water partition coefficient (Wildman–Crippen LogP) is 4.46. The monoisotopic (exact) mass is 510 g/mol. The first-order valence-corrected chi connectivity index (χ1v) is 14.0. The Morgan fingerprint density at radius 1 is 0.868 bits per heavy atom. The van der Waals surface area contributed by atoms with E-state index in [1.807, 2.05) is 0 Å². The number of likely N-dealkylation sites (N-methyl/N-ethyl adjacent to an activating group) is 1. The average Bonchev–Trinajstić information content (AvgIpc) is 3.36. The Balaban J connectivity index is 1.17. The number of benzene rings is 2. The maximum Gasteiger partial charge on any atom is 0.164 e. The summed E-state index contributed by atoms with van der Waals surface area (Å²) in [6.45, 7) is 5.59. The van der Waals surface area contributed by atoms with Gasteiger partial charge in [0.15, 0.2) is 5.65 Å². The predicted molar refractivity (Wildman–Crippen MR) is 154 cm³/mol. The summed E-state index contributed by atoms with van der Waals surface area (Å²) < 4.78 is 2.13. The zero-order chi connectivity index (χ0) is 25.9. The number of nitrogens with two attached hydrogens (primary N) is 1. The van der Waals surface area contributed by atoms with E-state index in [1.54, 1.807) is 6.33 Å². The molecule has 3 heterocycles. The van der Waals surface area contributed by atoms with Crippen molar-refractivity contribution in [2.24, 2.45) is 0 Å². The minimum atomic E-state index is 0.336. The van der Waals surface area contributed by atoms with E-state index < -0.39 is 0 Å². The van der Waals surface area contributed by atoms with Crippen molar-refractivity contribution < 1.29 is 0 Å². The molecule has 1 saturated carbocycles. The molecule has 198 valence electrons.